The lowest BCUT2D eigenvalue weighted by Crippen LogP contribution is -2.50. The van der Waals surface area contributed by atoms with Crippen LogP contribution in [0.1, 0.15) is 32.6 Å². The van der Waals surface area contributed by atoms with Gasteiger partial charge in [-0.1, -0.05) is 6.92 Å². The predicted octanol–water partition coefficient (Wildman–Crippen LogP) is -7.35. The highest BCUT2D eigenvalue weighted by molar-refractivity contribution is 5.78. The van der Waals surface area contributed by atoms with Crippen LogP contribution in [0.15, 0.2) is 0 Å². The SMILES string of the molecule is C[C@@H](CCC(=O)NC[C@H](O)[C@@H](O)[C@H](O)[C@H](O)CO)[C@@H](O)N[C@@H](CCC(=O)NC[C@@H](O)[C@H](O)[C@@H](O)[C@@H](O)CO)C(=O)O. The molecule has 2 amide bonds. The minimum absolute atomic E-state index is 0.0500. The van der Waals surface area contributed by atoms with Gasteiger partial charge in [-0.05, 0) is 18.8 Å². The van der Waals surface area contributed by atoms with E-state index in [1.807, 2.05) is 0 Å². The molecule has 11 atom stereocenters. The lowest BCUT2D eigenvalue weighted by Gasteiger charge is -2.26. The maximum Gasteiger partial charge on any atom is 0.320 e. The van der Waals surface area contributed by atoms with E-state index in [4.69, 9.17) is 10.2 Å². The molecule has 0 fully saturated rings. The quantitative estimate of drug-likeness (QED) is 0.0511. The minimum Gasteiger partial charge on any atom is -0.480 e. The second-order valence-electron chi connectivity index (χ2n) is 9.76. The highest BCUT2D eigenvalue weighted by atomic mass is 16.4. The molecular weight excluding hydrogens is 558 g/mol. The predicted molar refractivity (Wildman–Crippen MR) is 136 cm³/mol. The van der Waals surface area contributed by atoms with Gasteiger partial charge in [0, 0.05) is 25.9 Å². The van der Waals surface area contributed by atoms with Crippen LogP contribution in [0.25, 0.3) is 0 Å². The monoisotopic (exact) mass is 603 g/mol. The third-order valence-corrected chi connectivity index (χ3v) is 6.36. The van der Waals surface area contributed by atoms with E-state index in [2.05, 4.69) is 16.0 Å². The van der Waals surface area contributed by atoms with E-state index in [1.54, 1.807) is 0 Å². The summed E-state index contributed by atoms with van der Waals surface area (Å²) in [6, 6.07) is -1.39. The van der Waals surface area contributed by atoms with Gasteiger partial charge in [0.25, 0.3) is 0 Å². The second kappa shape index (κ2) is 19.9. The number of amides is 2. The van der Waals surface area contributed by atoms with E-state index < -0.39 is 111 Å². The van der Waals surface area contributed by atoms with Gasteiger partial charge in [0.05, 0.1) is 25.4 Å². The fraction of sp³-hybridized carbons (Fsp3) is 0.870. The average Bonchev–Trinajstić information content (AvgIpc) is 2.96. The number of carbonyl (C=O) groups is 3. The van der Waals surface area contributed by atoms with Crippen molar-refractivity contribution in [2.45, 2.75) is 93.7 Å². The van der Waals surface area contributed by atoms with Crippen molar-refractivity contribution in [1.29, 1.82) is 0 Å². The van der Waals surface area contributed by atoms with Crippen molar-refractivity contribution < 1.29 is 75.7 Å². The number of carboxylic acid groups (broad SMARTS) is 1. The minimum atomic E-state index is -1.89. The Morgan fingerprint density at radius 2 is 0.976 bits per heavy atom. The average molecular weight is 604 g/mol. The fourth-order valence-electron chi connectivity index (χ4n) is 3.42. The van der Waals surface area contributed by atoms with E-state index in [9.17, 15) is 65.4 Å². The summed E-state index contributed by atoms with van der Waals surface area (Å²) in [4.78, 5) is 35.6. The molecule has 0 aromatic carbocycles. The first-order valence-electron chi connectivity index (χ1n) is 12.9. The van der Waals surface area contributed by atoms with Crippen molar-refractivity contribution in [3.05, 3.63) is 0 Å². The second-order valence-corrected chi connectivity index (χ2v) is 9.76. The number of rotatable bonds is 22. The molecular formula is C23H45N3O15. The molecule has 0 radical (unpaired) electrons. The molecule has 0 heterocycles. The van der Waals surface area contributed by atoms with Crippen LogP contribution in [0.2, 0.25) is 0 Å². The zero-order chi connectivity index (χ0) is 31.9. The number of aliphatic hydroxyl groups is 11. The number of aliphatic carboxylic acids is 1. The van der Waals surface area contributed by atoms with E-state index in [-0.39, 0.29) is 25.7 Å². The van der Waals surface area contributed by atoms with E-state index in [0.717, 1.165) is 0 Å². The van der Waals surface area contributed by atoms with Crippen LogP contribution in [-0.2, 0) is 14.4 Å². The third kappa shape index (κ3) is 14.6. The van der Waals surface area contributed by atoms with Gasteiger partial charge in [0.15, 0.2) is 0 Å². The zero-order valence-corrected chi connectivity index (χ0v) is 22.6. The van der Waals surface area contributed by atoms with Gasteiger partial charge in [-0.3, -0.25) is 19.7 Å². The highest BCUT2D eigenvalue weighted by Gasteiger charge is 2.31. The molecule has 0 unspecified atom stereocenters. The first-order chi connectivity index (χ1) is 19.1. The van der Waals surface area contributed by atoms with Crippen molar-refractivity contribution in [1.82, 2.24) is 16.0 Å². The summed E-state index contributed by atoms with van der Waals surface area (Å²) in [7, 11) is 0. The molecule has 0 rings (SSSR count). The normalized spacial score (nSPS) is 19.9. The third-order valence-electron chi connectivity index (χ3n) is 6.36. The molecule has 18 nitrogen and oxygen atoms in total. The zero-order valence-electron chi connectivity index (χ0n) is 22.6. The fourth-order valence-corrected chi connectivity index (χ4v) is 3.42. The molecule has 0 bridgehead atoms. The Labute approximate surface area is 235 Å². The maximum absolute atomic E-state index is 12.0. The van der Waals surface area contributed by atoms with Crippen LogP contribution in [0.4, 0.5) is 0 Å². The van der Waals surface area contributed by atoms with Crippen LogP contribution in [0.3, 0.4) is 0 Å². The highest BCUT2D eigenvalue weighted by Crippen LogP contribution is 2.12. The number of hydrogen-bond donors (Lipinski definition) is 15. The largest absolute Gasteiger partial charge is 0.480 e. The van der Waals surface area contributed by atoms with Gasteiger partial charge in [-0.25, -0.2) is 0 Å². The first kappa shape index (κ1) is 38.9. The van der Waals surface area contributed by atoms with Gasteiger partial charge in [0.2, 0.25) is 11.8 Å². The molecule has 41 heavy (non-hydrogen) atoms. The first-order valence-corrected chi connectivity index (χ1v) is 12.9. The van der Waals surface area contributed by atoms with E-state index in [0.29, 0.717) is 0 Å². The molecule has 0 spiro atoms. The van der Waals surface area contributed by atoms with Crippen molar-refractivity contribution in [3.8, 4) is 0 Å². The van der Waals surface area contributed by atoms with Crippen molar-refractivity contribution in [2.75, 3.05) is 26.3 Å². The van der Waals surface area contributed by atoms with Gasteiger partial charge in [-0.15, -0.1) is 0 Å². The summed E-state index contributed by atoms with van der Waals surface area (Å²) >= 11 is 0. The van der Waals surface area contributed by atoms with Gasteiger partial charge in [-0.2, -0.15) is 0 Å². The number of aliphatic hydroxyl groups excluding tert-OH is 11. The number of carboxylic acids is 1. The van der Waals surface area contributed by atoms with Crippen molar-refractivity contribution >= 4 is 17.8 Å². The Morgan fingerprint density at radius 1 is 0.610 bits per heavy atom. The van der Waals surface area contributed by atoms with Crippen LogP contribution >= 0.6 is 0 Å². The number of nitrogens with one attached hydrogen (secondary N) is 3. The molecule has 242 valence electrons. The molecule has 15 N–H and O–H groups in total. The Balaban J connectivity index is 4.57. The number of carbonyl (C=O) groups excluding carboxylic acids is 2. The standard InChI is InChI=1S/C23H45N3O15/c1-10(2-4-16(33)24-6-12(29)18(35)20(37)14(31)8-27)22(39)26-11(23(40)41)3-5-17(34)25-7-13(30)19(36)21(38)15(32)9-28/h10-15,18-22,26-32,35-39H,2-9H2,1H3,(H,24,33)(H,25,34)(H,40,41)/t10-,11-,12-,13+,14+,15-,18+,19-,20+,21-,22+/m0/s1. The Kier molecular flexibility index (Phi) is 18.9. The van der Waals surface area contributed by atoms with Crippen LogP contribution < -0.4 is 16.0 Å². The summed E-state index contributed by atoms with van der Waals surface area (Å²) in [5.74, 6) is -3.39. The van der Waals surface area contributed by atoms with Gasteiger partial charge in [0.1, 0.15) is 48.9 Å². The Morgan fingerprint density at radius 3 is 1.34 bits per heavy atom. The van der Waals surface area contributed by atoms with Crippen molar-refractivity contribution in [3.63, 3.8) is 0 Å². The molecule has 0 saturated heterocycles. The van der Waals surface area contributed by atoms with Crippen LogP contribution in [0.5, 0.6) is 0 Å². The lowest BCUT2D eigenvalue weighted by atomic mass is 10.0. The Hall–Kier alpha value is -2.07. The molecule has 0 aromatic rings. The summed E-state index contributed by atoms with van der Waals surface area (Å²) in [6.07, 6.45) is -16.5. The Bertz CT molecular complexity index is 779. The molecule has 0 aliphatic rings. The van der Waals surface area contributed by atoms with E-state index in [1.165, 1.54) is 6.92 Å². The topological polar surface area (TPSA) is 330 Å². The van der Waals surface area contributed by atoms with Gasteiger partial charge >= 0.3 is 5.97 Å². The summed E-state index contributed by atoms with van der Waals surface area (Å²) in [6.45, 7) is -1.27. The lowest BCUT2D eigenvalue weighted by molar-refractivity contribution is -0.141. The molecule has 0 aromatic heterocycles. The summed E-state index contributed by atoms with van der Waals surface area (Å²) < 4.78 is 0. The molecule has 0 aliphatic heterocycles. The van der Waals surface area contributed by atoms with Crippen molar-refractivity contribution in [2.24, 2.45) is 5.92 Å². The van der Waals surface area contributed by atoms with Gasteiger partial charge < -0.3 is 71.9 Å². The van der Waals surface area contributed by atoms with E-state index >= 15 is 0 Å². The smallest absolute Gasteiger partial charge is 0.320 e. The number of hydrogen-bond acceptors (Lipinski definition) is 15. The summed E-state index contributed by atoms with van der Waals surface area (Å²) in [5, 5.41) is 121. The molecule has 0 saturated carbocycles. The maximum atomic E-state index is 12.0. The van der Waals surface area contributed by atoms with Crippen LogP contribution in [-0.4, -0.2) is 166 Å². The molecule has 0 aliphatic carbocycles. The molecule has 18 heteroatoms. The summed E-state index contributed by atoms with van der Waals surface area (Å²) in [5.41, 5.74) is 0. The van der Waals surface area contributed by atoms with Crippen LogP contribution in [0, 0.1) is 5.92 Å².